The monoisotopic (exact) mass is 264 g/mol. The molecule has 1 aliphatic heterocycles. The number of carboxylic acid groups (broad SMARTS) is 1. The highest BCUT2D eigenvalue weighted by Gasteiger charge is 2.33. The molecular weight excluding hydrogens is 247 g/mol. The molecule has 1 aromatic rings. The molecule has 0 aromatic carbocycles. The number of rotatable bonds is 3. The van der Waals surface area contributed by atoms with Crippen LogP contribution in [-0.2, 0) is 15.9 Å². The van der Waals surface area contributed by atoms with Crippen molar-refractivity contribution in [3.63, 3.8) is 0 Å². The normalized spacial score (nSPS) is 18.1. The Balaban J connectivity index is 1.93. The molecule has 0 bridgehead atoms. The van der Waals surface area contributed by atoms with Crippen molar-refractivity contribution < 1.29 is 19.2 Å². The quantitative estimate of drug-likeness (QED) is 0.782. The van der Waals surface area contributed by atoms with Gasteiger partial charge in [-0.25, -0.2) is 4.79 Å². The Morgan fingerprint density at radius 1 is 1.47 bits per heavy atom. The van der Waals surface area contributed by atoms with Gasteiger partial charge in [0, 0.05) is 30.3 Å². The van der Waals surface area contributed by atoms with Gasteiger partial charge >= 0.3 is 13.2 Å². The molecule has 0 saturated carbocycles. The van der Waals surface area contributed by atoms with Crippen LogP contribution in [0.15, 0.2) is 18.3 Å². The molecule has 7 heteroatoms. The number of pyridine rings is 1. The molecule has 0 atom stereocenters. The van der Waals surface area contributed by atoms with Gasteiger partial charge in [-0.2, -0.15) is 0 Å². The van der Waals surface area contributed by atoms with Crippen LogP contribution in [0.5, 0.6) is 0 Å². The average molecular weight is 264 g/mol. The predicted octanol–water partition coefficient (Wildman–Crippen LogP) is 0.617. The molecule has 1 aromatic heterocycles. The van der Waals surface area contributed by atoms with Crippen LogP contribution in [0.3, 0.4) is 0 Å². The van der Waals surface area contributed by atoms with Crippen molar-refractivity contribution in [2.24, 2.45) is 5.41 Å². The first-order valence-electron chi connectivity index (χ1n) is 6.11. The molecule has 6 nitrogen and oxygen atoms in total. The first-order chi connectivity index (χ1) is 8.96. The van der Waals surface area contributed by atoms with Crippen molar-refractivity contribution in [3.05, 3.63) is 24.0 Å². The van der Waals surface area contributed by atoms with Crippen molar-refractivity contribution in [2.45, 2.75) is 20.4 Å². The Bertz CT molecular complexity index is 440. The maximum Gasteiger partial charge on any atom is 0.495 e. The molecular formula is C12H17BN2O4. The molecule has 2 rings (SSSR count). The highest BCUT2D eigenvalue weighted by atomic mass is 16.6. The van der Waals surface area contributed by atoms with Crippen LogP contribution in [0.2, 0.25) is 0 Å². The summed E-state index contributed by atoms with van der Waals surface area (Å²) in [5.41, 5.74) is 1.53. The lowest BCUT2D eigenvalue weighted by molar-refractivity contribution is 0.0343. The maximum absolute atomic E-state index is 10.4. The van der Waals surface area contributed by atoms with Gasteiger partial charge in [-0.05, 0) is 6.07 Å². The summed E-state index contributed by atoms with van der Waals surface area (Å²) in [6, 6.07) is 3.60. The number of nitrogens with one attached hydrogen (secondary N) is 1. The van der Waals surface area contributed by atoms with Crippen molar-refractivity contribution in [1.29, 1.82) is 0 Å². The SMILES string of the molecule is CC1(C)COB(c2ccc(CNC(=O)O)nc2)OC1. The lowest BCUT2D eigenvalue weighted by Gasteiger charge is -2.33. The van der Waals surface area contributed by atoms with E-state index in [1.54, 1.807) is 12.3 Å². The number of hydrogen-bond acceptors (Lipinski definition) is 4. The van der Waals surface area contributed by atoms with Gasteiger partial charge < -0.3 is 19.7 Å². The van der Waals surface area contributed by atoms with E-state index in [1.807, 2.05) is 6.07 Å². The van der Waals surface area contributed by atoms with E-state index >= 15 is 0 Å². The van der Waals surface area contributed by atoms with Crippen molar-refractivity contribution in [1.82, 2.24) is 10.3 Å². The van der Waals surface area contributed by atoms with Gasteiger partial charge in [0.25, 0.3) is 0 Å². The van der Waals surface area contributed by atoms with E-state index in [9.17, 15) is 4.79 Å². The lowest BCUT2D eigenvalue weighted by Crippen LogP contribution is -2.47. The van der Waals surface area contributed by atoms with E-state index in [0.29, 0.717) is 18.9 Å². The molecule has 1 fully saturated rings. The minimum Gasteiger partial charge on any atom is -0.465 e. The van der Waals surface area contributed by atoms with Crippen LogP contribution in [0.25, 0.3) is 0 Å². The highest BCUT2D eigenvalue weighted by Crippen LogP contribution is 2.21. The molecule has 102 valence electrons. The molecule has 2 heterocycles. The Morgan fingerprint density at radius 3 is 2.68 bits per heavy atom. The zero-order chi connectivity index (χ0) is 13.9. The number of amides is 1. The van der Waals surface area contributed by atoms with E-state index in [2.05, 4.69) is 24.1 Å². The minimum absolute atomic E-state index is 0.0370. The highest BCUT2D eigenvalue weighted by molar-refractivity contribution is 6.61. The molecule has 0 spiro atoms. The van der Waals surface area contributed by atoms with Gasteiger partial charge in [0.15, 0.2) is 0 Å². The summed E-state index contributed by atoms with van der Waals surface area (Å²) in [5, 5.41) is 10.8. The summed E-state index contributed by atoms with van der Waals surface area (Å²) in [5.74, 6) is 0. The Morgan fingerprint density at radius 2 is 2.16 bits per heavy atom. The summed E-state index contributed by atoms with van der Waals surface area (Å²) in [4.78, 5) is 14.5. The van der Waals surface area contributed by atoms with Gasteiger partial charge in [0.1, 0.15) is 0 Å². The number of hydrogen-bond donors (Lipinski definition) is 2. The second-order valence-corrected chi connectivity index (χ2v) is 5.36. The third kappa shape index (κ3) is 3.94. The molecule has 1 saturated heterocycles. The average Bonchev–Trinajstić information content (AvgIpc) is 2.37. The Labute approximate surface area is 112 Å². The fourth-order valence-corrected chi connectivity index (χ4v) is 1.73. The molecule has 19 heavy (non-hydrogen) atoms. The second kappa shape index (κ2) is 5.58. The fourth-order valence-electron chi connectivity index (χ4n) is 1.73. The zero-order valence-corrected chi connectivity index (χ0v) is 11.0. The molecule has 1 aliphatic rings. The zero-order valence-electron chi connectivity index (χ0n) is 11.0. The second-order valence-electron chi connectivity index (χ2n) is 5.36. The van der Waals surface area contributed by atoms with Gasteiger partial charge in [0.05, 0.1) is 12.2 Å². The third-order valence-electron chi connectivity index (χ3n) is 2.79. The first-order valence-corrected chi connectivity index (χ1v) is 6.11. The van der Waals surface area contributed by atoms with Crippen molar-refractivity contribution >= 4 is 18.7 Å². The summed E-state index contributed by atoms with van der Waals surface area (Å²) in [6.45, 7) is 5.64. The molecule has 2 N–H and O–H groups in total. The number of aromatic nitrogens is 1. The van der Waals surface area contributed by atoms with Crippen LogP contribution in [0, 0.1) is 5.41 Å². The van der Waals surface area contributed by atoms with Crippen molar-refractivity contribution in [2.75, 3.05) is 13.2 Å². The van der Waals surface area contributed by atoms with Crippen LogP contribution in [-0.4, -0.2) is 36.5 Å². The van der Waals surface area contributed by atoms with E-state index in [0.717, 1.165) is 5.46 Å². The van der Waals surface area contributed by atoms with E-state index in [-0.39, 0.29) is 19.1 Å². The smallest absolute Gasteiger partial charge is 0.465 e. The summed E-state index contributed by atoms with van der Waals surface area (Å²) in [7, 11) is -0.387. The molecule has 0 unspecified atom stereocenters. The Hall–Kier alpha value is -1.60. The maximum atomic E-state index is 10.4. The fraction of sp³-hybridized carbons (Fsp3) is 0.500. The summed E-state index contributed by atoms with van der Waals surface area (Å²) in [6.07, 6.45) is 0.592. The standard InChI is InChI=1S/C12H17BN2O4/c1-12(2)7-18-13(19-8-12)9-3-4-10(14-5-9)6-15-11(16)17/h3-5,15H,6-8H2,1-2H3,(H,16,17). The minimum atomic E-state index is -1.06. The van der Waals surface area contributed by atoms with Crippen LogP contribution < -0.4 is 10.8 Å². The molecule has 0 aliphatic carbocycles. The van der Waals surface area contributed by atoms with Crippen LogP contribution in [0.1, 0.15) is 19.5 Å². The van der Waals surface area contributed by atoms with E-state index in [1.165, 1.54) is 0 Å². The summed E-state index contributed by atoms with van der Waals surface area (Å²) >= 11 is 0. The largest absolute Gasteiger partial charge is 0.495 e. The Kier molecular flexibility index (Phi) is 4.06. The first kappa shape index (κ1) is 13.8. The summed E-state index contributed by atoms with van der Waals surface area (Å²) < 4.78 is 11.3. The van der Waals surface area contributed by atoms with E-state index in [4.69, 9.17) is 14.4 Å². The molecule has 0 radical (unpaired) electrons. The lowest BCUT2D eigenvalue weighted by atomic mass is 9.77. The number of nitrogens with zero attached hydrogens (tertiary/aromatic N) is 1. The third-order valence-corrected chi connectivity index (χ3v) is 2.79. The van der Waals surface area contributed by atoms with Crippen LogP contribution in [0.4, 0.5) is 4.79 Å². The van der Waals surface area contributed by atoms with Gasteiger partial charge in [-0.1, -0.05) is 19.9 Å². The van der Waals surface area contributed by atoms with Gasteiger partial charge in [-0.3, -0.25) is 4.98 Å². The predicted molar refractivity (Wildman–Crippen MR) is 70.2 cm³/mol. The van der Waals surface area contributed by atoms with Gasteiger partial charge in [0.2, 0.25) is 0 Å². The molecule has 1 amide bonds. The topological polar surface area (TPSA) is 80.7 Å². The number of carbonyl (C=O) groups is 1. The van der Waals surface area contributed by atoms with E-state index < -0.39 is 6.09 Å². The van der Waals surface area contributed by atoms with Gasteiger partial charge in [-0.15, -0.1) is 0 Å². The van der Waals surface area contributed by atoms with Crippen molar-refractivity contribution in [3.8, 4) is 0 Å². The van der Waals surface area contributed by atoms with Crippen LogP contribution >= 0.6 is 0 Å².